The first-order chi connectivity index (χ1) is 3.39. The second-order valence-electron chi connectivity index (χ2n) is 2.33. The van der Waals surface area contributed by atoms with Crippen LogP contribution in [0.5, 0.6) is 0 Å². The predicted molar refractivity (Wildman–Crippen MR) is 28.9 cm³/mol. The van der Waals surface area contributed by atoms with Crippen LogP contribution in [0.25, 0.3) is 0 Å². The number of rotatable bonds is 0. The first kappa shape index (κ1) is 3.53. The molecule has 0 N–H and O–H groups in total. The summed E-state index contributed by atoms with van der Waals surface area (Å²) in [5.74, 6) is 0. The highest BCUT2D eigenvalue weighted by Gasteiger charge is 2.39. The molecule has 2 rings (SSSR count). The Balaban J connectivity index is 2.27. The van der Waals surface area contributed by atoms with Gasteiger partial charge in [-0.05, 0) is 12.8 Å². The first-order valence-corrected chi connectivity index (χ1v) is 2.82. The van der Waals surface area contributed by atoms with E-state index in [9.17, 15) is 0 Å². The molecule has 0 bridgehead atoms. The van der Waals surface area contributed by atoms with Crippen LogP contribution in [0.1, 0.15) is 12.8 Å². The van der Waals surface area contributed by atoms with E-state index in [4.69, 9.17) is 0 Å². The summed E-state index contributed by atoms with van der Waals surface area (Å²) in [7, 11) is 2.16. The third-order valence-electron chi connectivity index (χ3n) is 1.94. The Labute approximate surface area is 43.6 Å². The number of likely N-dealkylation sites (N-methyl/N-ethyl adjacent to an activating group) is 1. The number of hydrogen-bond donors (Lipinski definition) is 0. The SMILES string of the molecule is CN1C2=CCCC21. The Morgan fingerprint density at radius 2 is 2.71 bits per heavy atom. The fourth-order valence-corrected chi connectivity index (χ4v) is 1.38. The van der Waals surface area contributed by atoms with Crippen LogP contribution in [0.3, 0.4) is 0 Å². The van der Waals surface area contributed by atoms with E-state index in [2.05, 4.69) is 18.0 Å². The van der Waals surface area contributed by atoms with Gasteiger partial charge in [0, 0.05) is 12.7 Å². The number of nitrogens with zero attached hydrogens (tertiary/aromatic N) is 1. The van der Waals surface area contributed by atoms with Gasteiger partial charge in [0.25, 0.3) is 0 Å². The van der Waals surface area contributed by atoms with Gasteiger partial charge in [0.1, 0.15) is 0 Å². The summed E-state index contributed by atoms with van der Waals surface area (Å²) in [6.45, 7) is 0. The van der Waals surface area contributed by atoms with Gasteiger partial charge in [-0.25, -0.2) is 0 Å². The Kier molecular flexibility index (Phi) is 0.432. The molecule has 1 atom stereocenters. The van der Waals surface area contributed by atoms with E-state index < -0.39 is 0 Å². The van der Waals surface area contributed by atoms with E-state index in [1.165, 1.54) is 12.8 Å². The van der Waals surface area contributed by atoms with Crippen molar-refractivity contribution in [1.82, 2.24) is 4.90 Å². The van der Waals surface area contributed by atoms with Crippen molar-refractivity contribution in [2.24, 2.45) is 0 Å². The lowest BCUT2D eigenvalue weighted by Crippen LogP contribution is -1.92. The minimum atomic E-state index is 0.875. The van der Waals surface area contributed by atoms with E-state index in [0.717, 1.165) is 6.04 Å². The van der Waals surface area contributed by atoms with Crippen molar-refractivity contribution in [3.63, 3.8) is 0 Å². The molecule has 1 fully saturated rings. The van der Waals surface area contributed by atoms with Crippen LogP contribution in [-0.4, -0.2) is 18.0 Å². The van der Waals surface area contributed by atoms with E-state index >= 15 is 0 Å². The normalized spacial score (nSPS) is 35.3. The molecule has 2 aliphatic rings. The van der Waals surface area contributed by atoms with Crippen molar-refractivity contribution in [2.45, 2.75) is 18.9 Å². The molecule has 1 aliphatic carbocycles. The average Bonchev–Trinajstić information content (AvgIpc) is 2.26. The smallest absolute Gasteiger partial charge is 0.0684 e. The van der Waals surface area contributed by atoms with Gasteiger partial charge in [0.15, 0.2) is 0 Å². The molecular formula is C6H9N. The zero-order valence-corrected chi connectivity index (χ0v) is 4.52. The maximum Gasteiger partial charge on any atom is 0.0684 e. The summed E-state index contributed by atoms with van der Waals surface area (Å²) < 4.78 is 0. The third kappa shape index (κ3) is 0.287. The molecule has 0 saturated carbocycles. The molecule has 0 aromatic carbocycles. The van der Waals surface area contributed by atoms with Crippen molar-refractivity contribution in [2.75, 3.05) is 7.05 Å². The van der Waals surface area contributed by atoms with Gasteiger partial charge >= 0.3 is 0 Å². The Morgan fingerprint density at radius 1 is 1.86 bits per heavy atom. The van der Waals surface area contributed by atoms with E-state index in [-0.39, 0.29) is 0 Å². The highest BCUT2D eigenvalue weighted by molar-refractivity contribution is 5.30. The summed E-state index contributed by atoms with van der Waals surface area (Å²) in [5.41, 5.74) is 1.58. The lowest BCUT2D eigenvalue weighted by Gasteiger charge is -1.91. The molecule has 0 aromatic rings. The maximum atomic E-state index is 2.34. The molecule has 1 aliphatic heterocycles. The maximum absolute atomic E-state index is 2.34. The minimum Gasteiger partial charge on any atom is -0.368 e. The van der Waals surface area contributed by atoms with Gasteiger partial charge in [0.2, 0.25) is 0 Å². The zero-order valence-electron chi connectivity index (χ0n) is 4.52. The molecule has 1 saturated heterocycles. The van der Waals surface area contributed by atoms with Crippen LogP contribution in [0, 0.1) is 0 Å². The van der Waals surface area contributed by atoms with Crippen molar-refractivity contribution in [3.05, 3.63) is 11.8 Å². The molecule has 38 valence electrons. The van der Waals surface area contributed by atoms with E-state index in [1.54, 1.807) is 5.70 Å². The summed E-state index contributed by atoms with van der Waals surface area (Å²) in [4.78, 5) is 2.34. The van der Waals surface area contributed by atoms with Crippen LogP contribution >= 0.6 is 0 Å². The van der Waals surface area contributed by atoms with Crippen LogP contribution in [-0.2, 0) is 0 Å². The summed E-state index contributed by atoms with van der Waals surface area (Å²) in [5, 5.41) is 0. The summed E-state index contributed by atoms with van der Waals surface area (Å²) in [6.07, 6.45) is 5.04. The van der Waals surface area contributed by atoms with Gasteiger partial charge < -0.3 is 4.90 Å². The monoisotopic (exact) mass is 95.1 g/mol. The Hall–Kier alpha value is -0.460. The Bertz CT molecular complexity index is 126. The van der Waals surface area contributed by atoms with Crippen LogP contribution < -0.4 is 0 Å². The lowest BCUT2D eigenvalue weighted by molar-refractivity contribution is 0.587. The third-order valence-corrected chi connectivity index (χ3v) is 1.94. The van der Waals surface area contributed by atoms with Gasteiger partial charge in [-0.2, -0.15) is 0 Å². The van der Waals surface area contributed by atoms with Crippen LogP contribution in [0.15, 0.2) is 11.8 Å². The van der Waals surface area contributed by atoms with Gasteiger partial charge in [-0.3, -0.25) is 0 Å². The number of allylic oxidation sites excluding steroid dienone is 1. The fraction of sp³-hybridized carbons (Fsp3) is 0.667. The second kappa shape index (κ2) is 0.857. The molecular weight excluding hydrogens is 86.1 g/mol. The Morgan fingerprint density at radius 3 is 3.00 bits per heavy atom. The first-order valence-electron chi connectivity index (χ1n) is 2.82. The van der Waals surface area contributed by atoms with Crippen molar-refractivity contribution < 1.29 is 0 Å². The zero-order chi connectivity index (χ0) is 4.85. The molecule has 0 amide bonds. The average molecular weight is 95.1 g/mol. The highest BCUT2D eigenvalue weighted by atomic mass is 15.3. The van der Waals surface area contributed by atoms with Crippen molar-refractivity contribution in [1.29, 1.82) is 0 Å². The van der Waals surface area contributed by atoms with Gasteiger partial charge in [0.05, 0.1) is 6.04 Å². The molecule has 0 radical (unpaired) electrons. The number of fused-ring (bicyclic) bond motifs is 1. The molecule has 1 heteroatoms. The largest absolute Gasteiger partial charge is 0.368 e. The van der Waals surface area contributed by atoms with Gasteiger partial charge in [-0.1, -0.05) is 6.08 Å². The molecule has 1 nitrogen and oxygen atoms in total. The summed E-state index contributed by atoms with van der Waals surface area (Å²) >= 11 is 0. The molecule has 1 unspecified atom stereocenters. The molecule has 0 aromatic heterocycles. The van der Waals surface area contributed by atoms with Crippen molar-refractivity contribution in [3.8, 4) is 0 Å². The lowest BCUT2D eigenvalue weighted by atomic mass is 10.3. The van der Waals surface area contributed by atoms with Gasteiger partial charge in [-0.15, -0.1) is 0 Å². The molecule has 0 spiro atoms. The van der Waals surface area contributed by atoms with Crippen LogP contribution in [0.2, 0.25) is 0 Å². The predicted octanol–water partition coefficient (Wildman–Crippen LogP) is 0.978. The minimum absolute atomic E-state index is 0.875. The summed E-state index contributed by atoms with van der Waals surface area (Å²) in [6, 6.07) is 0.875. The van der Waals surface area contributed by atoms with E-state index in [0.29, 0.717) is 0 Å². The highest BCUT2D eigenvalue weighted by Crippen LogP contribution is 2.39. The molecule has 7 heavy (non-hydrogen) atoms. The fourth-order valence-electron chi connectivity index (χ4n) is 1.38. The quantitative estimate of drug-likeness (QED) is 0.405. The van der Waals surface area contributed by atoms with Crippen molar-refractivity contribution >= 4 is 0 Å². The topological polar surface area (TPSA) is 3.01 Å². The second-order valence-corrected chi connectivity index (χ2v) is 2.33. The molecule has 1 heterocycles. The standard InChI is InChI=1S/C6H9N/c1-7-5-3-2-4-6(5)7/h3,6H,2,4H2,1H3. The number of hydrogen-bond acceptors (Lipinski definition) is 1. The van der Waals surface area contributed by atoms with Crippen LogP contribution in [0.4, 0.5) is 0 Å². The van der Waals surface area contributed by atoms with E-state index in [1.807, 2.05) is 0 Å².